The number of fused-ring (bicyclic) bond motifs is 1. The van der Waals surface area contributed by atoms with Crippen molar-refractivity contribution in [3.63, 3.8) is 0 Å². The molecule has 1 heterocycles. The molecule has 0 aromatic heterocycles. The van der Waals surface area contributed by atoms with E-state index in [0.717, 1.165) is 37.0 Å². The molecule has 0 saturated heterocycles. The van der Waals surface area contributed by atoms with E-state index in [9.17, 15) is 9.59 Å². The van der Waals surface area contributed by atoms with Crippen LogP contribution in [0.4, 0.5) is 0 Å². The smallest absolute Gasteiger partial charge is 0.254 e. The molecule has 1 aliphatic heterocycles. The van der Waals surface area contributed by atoms with Gasteiger partial charge in [0.25, 0.3) is 5.91 Å². The Morgan fingerprint density at radius 1 is 0.941 bits per heavy atom. The van der Waals surface area contributed by atoms with Gasteiger partial charge in [0, 0.05) is 25.7 Å². The molecule has 2 atom stereocenters. The summed E-state index contributed by atoms with van der Waals surface area (Å²) in [6, 6.07) is 10.8. The highest BCUT2D eigenvalue weighted by Gasteiger charge is 2.45. The molecule has 1 saturated carbocycles. The lowest BCUT2D eigenvalue weighted by molar-refractivity contribution is -0.135. The summed E-state index contributed by atoms with van der Waals surface area (Å²) in [6.45, 7) is 0. The van der Waals surface area contributed by atoms with Crippen molar-refractivity contribution >= 4 is 11.8 Å². The average Bonchev–Trinajstić information content (AvgIpc) is 2.89. The Balaban J connectivity index is 1.85. The van der Waals surface area contributed by atoms with Crippen LogP contribution in [0.1, 0.15) is 65.5 Å². The molecule has 182 valence electrons. The number of methoxy groups -OCH3 is 3. The number of rotatable bonds is 6. The van der Waals surface area contributed by atoms with Crippen LogP contribution in [0.15, 0.2) is 36.4 Å². The van der Waals surface area contributed by atoms with Crippen LogP contribution >= 0.6 is 0 Å². The predicted octanol–water partition coefficient (Wildman–Crippen LogP) is 4.41. The van der Waals surface area contributed by atoms with Crippen LogP contribution in [-0.4, -0.2) is 63.1 Å². The molecule has 4 rings (SSSR count). The number of ether oxygens (including phenoxy) is 3. The maximum Gasteiger partial charge on any atom is 0.254 e. The van der Waals surface area contributed by atoms with Crippen LogP contribution in [0, 0.1) is 0 Å². The lowest BCUT2D eigenvalue weighted by Crippen LogP contribution is -2.48. The normalized spacial score (nSPS) is 20.5. The summed E-state index contributed by atoms with van der Waals surface area (Å²) in [4.78, 5) is 31.3. The van der Waals surface area contributed by atoms with Gasteiger partial charge in [-0.15, -0.1) is 0 Å². The van der Waals surface area contributed by atoms with E-state index in [4.69, 9.17) is 14.2 Å². The van der Waals surface area contributed by atoms with Gasteiger partial charge < -0.3 is 24.0 Å². The van der Waals surface area contributed by atoms with Gasteiger partial charge in [0.15, 0.2) is 11.5 Å². The molecule has 0 spiro atoms. The predicted molar refractivity (Wildman–Crippen MR) is 130 cm³/mol. The van der Waals surface area contributed by atoms with Crippen molar-refractivity contribution in [2.24, 2.45) is 0 Å². The molecule has 34 heavy (non-hydrogen) atoms. The van der Waals surface area contributed by atoms with E-state index in [2.05, 4.69) is 0 Å². The first-order valence-corrected chi connectivity index (χ1v) is 11.8. The summed E-state index contributed by atoms with van der Waals surface area (Å²) < 4.78 is 16.3. The third kappa shape index (κ3) is 4.19. The number of hydrogen-bond acceptors (Lipinski definition) is 5. The molecule has 2 amide bonds. The van der Waals surface area contributed by atoms with Crippen molar-refractivity contribution in [3.05, 3.63) is 53.1 Å². The Labute approximate surface area is 201 Å². The second-order valence-corrected chi connectivity index (χ2v) is 9.15. The van der Waals surface area contributed by atoms with E-state index in [0.29, 0.717) is 22.6 Å². The summed E-state index contributed by atoms with van der Waals surface area (Å²) in [5, 5.41) is 0. The van der Waals surface area contributed by atoms with Crippen LogP contribution in [0.2, 0.25) is 0 Å². The van der Waals surface area contributed by atoms with Gasteiger partial charge in [-0.25, -0.2) is 0 Å². The Morgan fingerprint density at radius 3 is 2.15 bits per heavy atom. The molecule has 0 N–H and O–H groups in total. The number of carbonyl (C=O) groups excluding carboxylic acids is 2. The highest BCUT2D eigenvalue weighted by Crippen LogP contribution is 2.46. The minimum absolute atomic E-state index is 0.0144. The lowest BCUT2D eigenvalue weighted by atomic mass is 9.78. The Hall–Kier alpha value is -3.22. The molecule has 1 fully saturated rings. The SMILES string of the molecule is COc1ccc([C@H]2[C@H](C(=O)N(C)C3CCCCC3)c3cc(OC)c(OC)cc3C(=O)N2C)cc1. The third-order valence-corrected chi connectivity index (χ3v) is 7.37. The van der Waals surface area contributed by atoms with E-state index in [1.165, 1.54) is 6.42 Å². The zero-order valence-corrected chi connectivity index (χ0v) is 20.7. The molecular weight excluding hydrogens is 432 g/mol. The summed E-state index contributed by atoms with van der Waals surface area (Å²) in [5.41, 5.74) is 2.03. The first kappa shape index (κ1) is 23.9. The van der Waals surface area contributed by atoms with Gasteiger partial charge in [-0.1, -0.05) is 31.4 Å². The Morgan fingerprint density at radius 2 is 1.56 bits per heavy atom. The van der Waals surface area contributed by atoms with E-state index in [1.807, 2.05) is 36.2 Å². The molecular formula is C27H34N2O5. The first-order chi connectivity index (χ1) is 16.4. The standard InChI is InChI=1S/C27H34N2O5/c1-28(18-9-7-6-8-10-18)27(31)24-20-15-22(33-4)23(34-5)16-21(20)26(30)29(2)25(24)17-11-13-19(32-3)14-12-17/h11-16,18,24-25H,6-10H2,1-5H3/t24-,25+/m1/s1. The molecule has 2 aromatic carbocycles. The minimum atomic E-state index is -0.571. The fourth-order valence-electron chi connectivity index (χ4n) is 5.40. The summed E-state index contributed by atoms with van der Waals surface area (Å²) in [5.74, 6) is 0.991. The van der Waals surface area contributed by atoms with Crippen molar-refractivity contribution < 1.29 is 23.8 Å². The number of benzene rings is 2. The van der Waals surface area contributed by atoms with E-state index in [1.54, 1.807) is 45.4 Å². The molecule has 2 aromatic rings. The maximum atomic E-state index is 14.2. The molecule has 2 aliphatic rings. The van der Waals surface area contributed by atoms with E-state index < -0.39 is 12.0 Å². The van der Waals surface area contributed by atoms with Crippen LogP contribution in [0.25, 0.3) is 0 Å². The molecule has 0 bridgehead atoms. The Kier molecular flexibility index (Phi) is 7.00. The van der Waals surface area contributed by atoms with Crippen molar-refractivity contribution in [3.8, 4) is 17.2 Å². The topological polar surface area (TPSA) is 68.3 Å². The fourth-order valence-corrected chi connectivity index (χ4v) is 5.40. The second kappa shape index (κ2) is 9.95. The van der Waals surface area contributed by atoms with Crippen LogP contribution in [-0.2, 0) is 4.79 Å². The average molecular weight is 467 g/mol. The van der Waals surface area contributed by atoms with Gasteiger partial charge in [-0.05, 0) is 48.2 Å². The van der Waals surface area contributed by atoms with Gasteiger partial charge in [-0.3, -0.25) is 9.59 Å². The molecule has 7 nitrogen and oxygen atoms in total. The molecule has 0 radical (unpaired) electrons. The number of carbonyl (C=O) groups is 2. The van der Waals surface area contributed by atoms with Gasteiger partial charge in [0.1, 0.15) is 5.75 Å². The maximum absolute atomic E-state index is 14.2. The van der Waals surface area contributed by atoms with Gasteiger partial charge in [-0.2, -0.15) is 0 Å². The highest BCUT2D eigenvalue weighted by molar-refractivity contribution is 6.02. The number of amides is 2. The largest absolute Gasteiger partial charge is 0.497 e. The number of nitrogens with zero attached hydrogens (tertiary/aromatic N) is 2. The second-order valence-electron chi connectivity index (χ2n) is 9.15. The zero-order valence-electron chi connectivity index (χ0n) is 20.7. The van der Waals surface area contributed by atoms with Crippen LogP contribution in [0.5, 0.6) is 17.2 Å². The summed E-state index contributed by atoms with van der Waals surface area (Å²) in [7, 11) is 8.39. The van der Waals surface area contributed by atoms with E-state index >= 15 is 0 Å². The first-order valence-electron chi connectivity index (χ1n) is 11.8. The monoisotopic (exact) mass is 466 g/mol. The van der Waals surface area contributed by atoms with Crippen molar-refractivity contribution in [1.29, 1.82) is 0 Å². The van der Waals surface area contributed by atoms with E-state index in [-0.39, 0.29) is 17.9 Å². The number of likely N-dealkylation sites (N-methyl/N-ethyl adjacent to an activating group) is 2. The van der Waals surface area contributed by atoms with Gasteiger partial charge in [0.05, 0.1) is 33.3 Å². The molecule has 0 unspecified atom stereocenters. The van der Waals surface area contributed by atoms with Crippen LogP contribution in [0.3, 0.4) is 0 Å². The minimum Gasteiger partial charge on any atom is -0.497 e. The Bertz CT molecular complexity index is 1050. The van der Waals surface area contributed by atoms with Gasteiger partial charge >= 0.3 is 0 Å². The quantitative estimate of drug-likeness (QED) is 0.631. The highest BCUT2D eigenvalue weighted by atomic mass is 16.5. The van der Waals surface area contributed by atoms with Crippen molar-refractivity contribution in [2.75, 3.05) is 35.4 Å². The van der Waals surface area contributed by atoms with Crippen LogP contribution < -0.4 is 14.2 Å². The zero-order chi connectivity index (χ0) is 24.4. The fraction of sp³-hybridized carbons (Fsp3) is 0.481. The van der Waals surface area contributed by atoms with Crippen molar-refractivity contribution in [2.45, 2.75) is 50.1 Å². The summed E-state index contributed by atoms with van der Waals surface area (Å²) >= 11 is 0. The third-order valence-electron chi connectivity index (χ3n) is 7.37. The number of hydrogen-bond donors (Lipinski definition) is 0. The van der Waals surface area contributed by atoms with Gasteiger partial charge in [0.2, 0.25) is 5.91 Å². The summed E-state index contributed by atoms with van der Waals surface area (Å²) in [6.07, 6.45) is 5.50. The molecule has 7 heteroatoms. The molecule has 1 aliphatic carbocycles. The van der Waals surface area contributed by atoms with Crippen molar-refractivity contribution in [1.82, 2.24) is 9.80 Å². The lowest BCUT2D eigenvalue weighted by Gasteiger charge is -2.43.